The van der Waals surface area contributed by atoms with Crippen LogP contribution in [0.4, 0.5) is 13.2 Å². The fraction of sp³-hybridized carbons (Fsp3) is 0.542. The van der Waals surface area contributed by atoms with Gasteiger partial charge in [0.15, 0.2) is 17.6 Å². The van der Waals surface area contributed by atoms with Gasteiger partial charge >= 0.3 is 24.1 Å². The quantitative estimate of drug-likeness (QED) is 0.524. The molecule has 2 aliphatic carbocycles. The molecule has 0 unspecified atom stereocenters. The number of likely N-dealkylation sites (N-methyl/N-ethyl adjacent to an activating group) is 1. The largest absolute Gasteiger partial charge is 0.493 e. The van der Waals surface area contributed by atoms with E-state index in [-0.39, 0.29) is 18.2 Å². The van der Waals surface area contributed by atoms with E-state index in [1.54, 1.807) is 6.07 Å². The number of methoxy groups -OCH3 is 1. The molecule has 37 heavy (non-hydrogen) atoms. The summed E-state index contributed by atoms with van der Waals surface area (Å²) in [5.74, 6) is -5.07. The minimum absolute atomic E-state index is 0.00429. The topological polar surface area (TPSA) is 132 Å². The smallest absolute Gasteiger partial charge is 0.490 e. The van der Waals surface area contributed by atoms with E-state index in [1.165, 1.54) is 13.2 Å². The molecule has 5 rings (SSSR count). The molecule has 1 saturated heterocycles. The molecule has 200 valence electrons. The Labute approximate surface area is 208 Å². The SMILES string of the molecule is COc1ccc2c3c1O[C@H]1C(OC(=O)C[C@@H](OC(=O)C(F)(F)F)C(=O)O)=CC[C@@]4(O)[C@@H](C2)N(C)CC[C@]314. The van der Waals surface area contributed by atoms with Crippen molar-refractivity contribution in [1.82, 2.24) is 4.90 Å². The standard InChI is InChI=1S/C24H24F3NO9/c1-28-8-7-22-17-11-3-4-12(34-2)18(17)37-19(22)13(5-6-23(22,33)15(28)9-11)35-16(29)10-14(20(30)31)36-21(32)24(25,26)27/h3-5,14-15,19,33H,6-10H2,1-2H3,(H,30,31)/t14-,15-,19+,22+,23-/m1/s1. The lowest BCUT2D eigenvalue weighted by Crippen LogP contribution is -2.74. The lowest BCUT2D eigenvalue weighted by Gasteiger charge is -2.61. The predicted molar refractivity (Wildman–Crippen MR) is 116 cm³/mol. The molecule has 2 bridgehead atoms. The molecule has 1 spiro atoms. The first-order chi connectivity index (χ1) is 17.3. The Bertz CT molecular complexity index is 1210. The van der Waals surface area contributed by atoms with Gasteiger partial charge in [0, 0.05) is 18.0 Å². The number of aliphatic carboxylic acids is 1. The van der Waals surface area contributed by atoms with Crippen molar-refractivity contribution in [2.24, 2.45) is 0 Å². The van der Waals surface area contributed by atoms with Gasteiger partial charge in [-0.05, 0) is 44.1 Å². The van der Waals surface area contributed by atoms with E-state index in [9.17, 15) is 37.8 Å². The van der Waals surface area contributed by atoms with Crippen molar-refractivity contribution in [1.29, 1.82) is 0 Å². The van der Waals surface area contributed by atoms with E-state index < -0.39 is 53.7 Å². The van der Waals surface area contributed by atoms with Crippen LogP contribution in [0.5, 0.6) is 11.5 Å². The zero-order valence-electron chi connectivity index (χ0n) is 19.8. The van der Waals surface area contributed by atoms with E-state index in [0.717, 1.165) is 11.1 Å². The zero-order valence-corrected chi connectivity index (χ0v) is 19.8. The number of nitrogens with zero attached hydrogens (tertiary/aromatic N) is 1. The summed E-state index contributed by atoms with van der Waals surface area (Å²) >= 11 is 0. The van der Waals surface area contributed by atoms with Gasteiger partial charge in [-0.2, -0.15) is 13.2 Å². The summed E-state index contributed by atoms with van der Waals surface area (Å²) < 4.78 is 58.7. The normalized spacial score (nSPS) is 30.4. The van der Waals surface area contributed by atoms with E-state index in [0.29, 0.717) is 30.9 Å². The molecule has 10 nitrogen and oxygen atoms in total. The van der Waals surface area contributed by atoms with Crippen molar-refractivity contribution in [2.45, 2.75) is 61.1 Å². The van der Waals surface area contributed by atoms with Crippen molar-refractivity contribution in [3.63, 3.8) is 0 Å². The van der Waals surface area contributed by atoms with Gasteiger partial charge in [0.1, 0.15) is 5.76 Å². The van der Waals surface area contributed by atoms with Crippen LogP contribution in [0.25, 0.3) is 0 Å². The summed E-state index contributed by atoms with van der Waals surface area (Å²) in [6, 6.07) is 3.41. The molecule has 4 aliphatic rings. The van der Waals surface area contributed by atoms with Gasteiger partial charge in [-0.1, -0.05) is 6.07 Å². The second kappa shape index (κ2) is 8.35. The number of esters is 2. The van der Waals surface area contributed by atoms with Crippen molar-refractivity contribution >= 4 is 17.9 Å². The minimum atomic E-state index is -5.43. The highest BCUT2D eigenvalue weighted by Crippen LogP contribution is 2.65. The number of hydrogen-bond donors (Lipinski definition) is 2. The number of carboxylic acids is 1. The van der Waals surface area contributed by atoms with E-state index >= 15 is 0 Å². The Balaban J connectivity index is 1.46. The molecule has 2 N–H and O–H groups in total. The number of aliphatic hydroxyl groups is 1. The van der Waals surface area contributed by atoms with Crippen LogP contribution in [0.15, 0.2) is 24.0 Å². The third-order valence-corrected chi connectivity index (χ3v) is 7.90. The first kappa shape index (κ1) is 25.3. The summed E-state index contributed by atoms with van der Waals surface area (Å²) in [6.45, 7) is 0.610. The molecule has 0 saturated carbocycles. The number of hydrogen-bond acceptors (Lipinski definition) is 9. The summed E-state index contributed by atoms with van der Waals surface area (Å²) in [4.78, 5) is 37.2. The van der Waals surface area contributed by atoms with Gasteiger partial charge in [0.05, 0.1) is 24.5 Å². The van der Waals surface area contributed by atoms with Crippen LogP contribution < -0.4 is 9.47 Å². The third-order valence-electron chi connectivity index (χ3n) is 7.90. The molecule has 0 amide bonds. The Morgan fingerprint density at radius 1 is 1.30 bits per heavy atom. The summed E-state index contributed by atoms with van der Waals surface area (Å²) in [5, 5.41) is 21.3. The summed E-state index contributed by atoms with van der Waals surface area (Å²) in [7, 11) is 3.39. The summed E-state index contributed by atoms with van der Waals surface area (Å²) in [5.41, 5.74) is -0.553. The monoisotopic (exact) mass is 527 g/mol. The molecule has 1 aromatic carbocycles. The lowest BCUT2D eigenvalue weighted by atomic mass is 9.50. The zero-order chi connectivity index (χ0) is 26.9. The molecule has 2 heterocycles. The Morgan fingerprint density at radius 2 is 2.03 bits per heavy atom. The van der Waals surface area contributed by atoms with Gasteiger partial charge in [-0.3, -0.25) is 4.79 Å². The number of ether oxygens (including phenoxy) is 4. The molecule has 13 heteroatoms. The fourth-order valence-electron chi connectivity index (χ4n) is 6.29. The first-order valence-electron chi connectivity index (χ1n) is 11.5. The molecule has 5 atom stereocenters. The number of piperidine rings is 1. The highest BCUT2D eigenvalue weighted by molar-refractivity contribution is 5.85. The molecular weight excluding hydrogens is 503 g/mol. The van der Waals surface area contributed by atoms with Crippen LogP contribution >= 0.6 is 0 Å². The number of carbonyl (C=O) groups excluding carboxylic acids is 2. The van der Waals surface area contributed by atoms with Gasteiger partial charge < -0.3 is 34.1 Å². The van der Waals surface area contributed by atoms with Crippen LogP contribution in [0.3, 0.4) is 0 Å². The number of benzene rings is 1. The average molecular weight is 527 g/mol. The van der Waals surface area contributed by atoms with E-state index in [2.05, 4.69) is 9.64 Å². The number of rotatable bonds is 6. The van der Waals surface area contributed by atoms with Crippen molar-refractivity contribution < 1.29 is 56.7 Å². The molecule has 1 fully saturated rings. The van der Waals surface area contributed by atoms with Crippen molar-refractivity contribution in [3.05, 3.63) is 35.1 Å². The highest BCUT2D eigenvalue weighted by atomic mass is 19.4. The van der Waals surface area contributed by atoms with Crippen LogP contribution in [0.1, 0.15) is 30.4 Å². The van der Waals surface area contributed by atoms with Gasteiger partial charge in [-0.25, -0.2) is 9.59 Å². The number of likely N-dealkylation sites (tertiary alicyclic amines) is 1. The molecule has 0 aromatic heterocycles. The van der Waals surface area contributed by atoms with Crippen LogP contribution in [0.2, 0.25) is 0 Å². The van der Waals surface area contributed by atoms with Crippen molar-refractivity contribution in [3.8, 4) is 11.5 Å². The van der Waals surface area contributed by atoms with Gasteiger partial charge in [0.25, 0.3) is 0 Å². The minimum Gasteiger partial charge on any atom is -0.493 e. The maximum Gasteiger partial charge on any atom is 0.490 e. The van der Waals surface area contributed by atoms with Gasteiger partial charge in [-0.15, -0.1) is 0 Å². The third kappa shape index (κ3) is 3.58. The van der Waals surface area contributed by atoms with Crippen LogP contribution in [-0.2, 0) is 35.7 Å². The molecule has 0 radical (unpaired) electrons. The second-order valence-electron chi connectivity index (χ2n) is 9.69. The predicted octanol–water partition coefficient (Wildman–Crippen LogP) is 1.46. The van der Waals surface area contributed by atoms with E-state index in [4.69, 9.17) is 14.2 Å². The number of carbonyl (C=O) groups is 3. The summed E-state index contributed by atoms with van der Waals surface area (Å²) in [6.07, 6.45) is -7.39. The number of alkyl halides is 3. The Morgan fingerprint density at radius 3 is 2.68 bits per heavy atom. The first-order valence-corrected chi connectivity index (χ1v) is 11.5. The van der Waals surface area contributed by atoms with Crippen molar-refractivity contribution in [2.75, 3.05) is 20.7 Å². The molecule has 1 aromatic rings. The van der Waals surface area contributed by atoms with Gasteiger partial charge in [0.2, 0.25) is 6.10 Å². The maximum absolute atomic E-state index is 12.7. The fourth-order valence-corrected chi connectivity index (χ4v) is 6.29. The number of carboxylic acid groups (broad SMARTS) is 1. The lowest BCUT2D eigenvalue weighted by molar-refractivity contribution is -0.208. The number of halogens is 3. The highest BCUT2D eigenvalue weighted by Gasteiger charge is 2.72. The Hall–Kier alpha value is -3.32. The van der Waals surface area contributed by atoms with E-state index in [1.807, 2.05) is 13.1 Å². The van der Waals surface area contributed by atoms with Crippen LogP contribution in [0, 0.1) is 0 Å². The second-order valence-corrected chi connectivity index (χ2v) is 9.69. The molecular formula is C24H24F3NO9. The average Bonchev–Trinajstić information content (AvgIpc) is 3.17. The maximum atomic E-state index is 12.7. The van der Waals surface area contributed by atoms with Crippen LogP contribution in [-0.4, -0.2) is 83.8 Å². The Kier molecular flexibility index (Phi) is 5.72. The molecule has 2 aliphatic heterocycles.